The lowest BCUT2D eigenvalue weighted by Crippen LogP contribution is -2.13. The minimum atomic E-state index is 0.281. The van der Waals surface area contributed by atoms with Crippen molar-refractivity contribution in [2.45, 2.75) is 20.0 Å². The Balaban J connectivity index is 1.67. The van der Waals surface area contributed by atoms with Gasteiger partial charge in [-0.2, -0.15) is 0 Å². The molecule has 3 rings (SSSR count). The van der Waals surface area contributed by atoms with E-state index in [-0.39, 0.29) is 6.79 Å². The number of fused-ring (bicyclic) bond motifs is 1. The van der Waals surface area contributed by atoms with Crippen LogP contribution < -0.4 is 15.0 Å². The van der Waals surface area contributed by atoms with E-state index < -0.39 is 0 Å². The number of nitrogens with one attached hydrogen (secondary N) is 1. The molecule has 1 aliphatic rings. The third kappa shape index (κ3) is 3.40. The highest BCUT2D eigenvalue weighted by Crippen LogP contribution is 2.34. The van der Waals surface area contributed by atoms with Crippen molar-refractivity contribution in [1.82, 2.24) is 5.48 Å². The van der Waals surface area contributed by atoms with Gasteiger partial charge in [-0.1, -0.05) is 43.3 Å². The van der Waals surface area contributed by atoms with Crippen LogP contribution in [0.25, 0.3) is 5.70 Å². The minimum absolute atomic E-state index is 0.281. The van der Waals surface area contributed by atoms with Gasteiger partial charge < -0.3 is 9.47 Å². The smallest absolute Gasteiger partial charge is 0.231 e. The molecule has 0 saturated heterocycles. The van der Waals surface area contributed by atoms with Gasteiger partial charge >= 0.3 is 0 Å². The van der Waals surface area contributed by atoms with Crippen LogP contribution in [0.5, 0.6) is 11.5 Å². The highest BCUT2D eigenvalue weighted by molar-refractivity contribution is 5.66. The molecule has 2 aromatic rings. The molecule has 0 bridgehead atoms. The summed E-state index contributed by atoms with van der Waals surface area (Å²) in [6, 6.07) is 15.9. The molecule has 0 radical (unpaired) electrons. The Labute approximate surface area is 130 Å². The molecule has 0 aliphatic carbocycles. The molecule has 2 aromatic carbocycles. The average molecular weight is 297 g/mol. The maximum absolute atomic E-state index is 5.62. The molecule has 0 spiro atoms. The van der Waals surface area contributed by atoms with Gasteiger partial charge in [0.1, 0.15) is 0 Å². The van der Waals surface area contributed by atoms with Crippen LogP contribution in [0.2, 0.25) is 0 Å². The Morgan fingerprint density at radius 2 is 1.95 bits per heavy atom. The summed E-state index contributed by atoms with van der Waals surface area (Å²) >= 11 is 0. The molecular weight excluding hydrogens is 278 g/mol. The fourth-order valence-electron chi connectivity index (χ4n) is 2.26. The molecule has 22 heavy (non-hydrogen) atoms. The molecule has 0 amide bonds. The van der Waals surface area contributed by atoms with E-state index in [0.717, 1.165) is 34.7 Å². The summed E-state index contributed by atoms with van der Waals surface area (Å²) in [4.78, 5) is 5.62. The van der Waals surface area contributed by atoms with Crippen molar-refractivity contribution in [2.24, 2.45) is 0 Å². The molecule has 1 N–H and O–H groups in total. The van der Waals surface area contributed by atoms with Crippen LogP contribution in [0.1, 0.15) is 24.5 Å². The quantitative estimate of drug-likeness (QED) is 0.821. The maximum atomic E-state index is 5.62. The van der Waals surface area contributed by atoms with Gasteiger partial charge in [-0.25, -0.2) is 0 Å². The van der Waals surface area contributed by atoms with Crippen molar-refractivity contribution in [2.75, 3.05) is 6.79 Å². The van der Waals surface area contributed by atoms with Crippen molar-refractivity contribution in [1.29, 1.82) is 0 Å². The first-order valence-electron chi connectivity index (χ1n) is 7.38. The third-order valence-electron chi connectivity index (χ3n) is 3.36. The van der Waals surface area contributed by atoms with Crippen molar-refractivity contribution in [3.63, 3.8) is 0 Å². The predicted octanol–water partition coefficient (Wildman–Crippen LogP) is 3.89. The Morgan fingerprint density at radius 3 is 2.77 bits per heavy atom. The van der Waals surface area contributed by atoms with E-state index in [9.17, 15) is 0 Å². The number of hydroxylamine groups is 1. The molecule has 0 fully saturated rings. The highest BCUT2D eigenvalue weighted by atomic mass is 16.7. The van der Waals surface area contributed by atoms with Crippen LogP contribution >= 0.6 is 0 Å². The molecule has 1 heterocycles. The van der Waals surface area contributed by atoms with Gasteiger partial charge in [0.15, 0.2) is 11.5 Å². The fourth-order valence-corrected chi connectivity index (χ4v) is 2.26. The summed E-state index contributed by atoms with van der Waals surface area (Å²) in [5.74, 6) is 1.55. The Morgan fingerprint density at radius 1 is 1.14 bits per heavy atom. The normalized spacial score (nSPS) is 13.2. The maximum Gasteiger partial charge on any atom is 0.231 e. The molecule has 4 heteroatoms. The van der Waals surface area contributed by atoms with Gasteiger partial charge in [-0.05, 0) is 30.2 Å². The number of allylic oxidation sites excluding steroid dienone is 1. The van der Waals surface area contributed by atoms with E-state index in [2.05, 4.69) is 18.5 Å². The Kier molecular flexibility index (Phi) is 4.61. The van der Waals surface area contributed by atoms with Crippen LogP contribution in [0.15, 0.2) is 54.6 Å². The van der Waals surface area contributed by atoms with Crippen LogP contribution in [0.3, 0.4) is 0 Å². The van der Waals surface area contributed by atoms with Gasteiger partial charge in [0.05, 0.1) is 12.3 Å². The minimum Gasteiger partial charge on any atom is -0.454 e. The molecule has 0 atom stereocenters. The molecule has 1 aliphatic heterocycles. The largest absolute Gasteiger partial charge is 0.454 e. The van der Waals surface area contributed by atoms with Crippen LogP contribution in [0.4, 0.5) is 0 Å². The summed E-state index contributed by atoms with van der Waals surface area (Å²) in [5, 5.41) is 0. The van der Waals surface area contributed by atoms with E-state index in [1.165, 1.54) is 0 Å². The topological polar surface area (TPSA) is 39.7 Å². The monoisotopic (exact) mass is 297 g/mol. The van der Waals surface area contributed by atoms with Gasteiger partial charge in [0, 0.05) is 5.56 Å². The van der Waals surface area contributed by atoms with E-state index >= 15 is 0 Å². The van der Waals surface area contributed by atoms with E-state index in [1.807, 2.05) is 48.5 Å². The first-order chi connectivity index (χ1) is 10.9. The van der Waals surface area contributed by atoms with Crippen LogP contribution in [0, 0.1) is 0 Å². The molecule has 0 unspecified atom stereocenters. The Bertz CT molecular complexity index is 653. The van der Waals surface area contributed by atoms with Crippen molar-refractivity contribution in [3.8, 4) is 11.5 Å². The standard InChI is InChI=1S/C18H19NO3/c1-2-6-16(19-22-12-14-7-4-3-5-8-14)15-9-10-17-18(11-15)21-13-20-17/h3-11,19H,2,12-13H2,1H3. The van der Waals surface area contributed by atoms with E-state index in [4.69, 9.17) is 14.3 Å². The summed E-state index contributed by atoms with van der Waals surface area (Å²) < 4.78 is 10.8. The number of ether oxygens (including phenoxy) is 2. The fraction of sp³-hybridized carbons (Fsp3) is 0.222. The molecule has 4 nitrogen and oxygen atoms in total. The lowest BCUT2D eigenvalue weighted by molar-refractivity contribution is 0.0645. The van der Waals surface area contributed by atoms with Gasteiger partial charge in [-0.15, -0.1) is 0 Å². The molecule has 0 aromatic heterocycles. The zero-order chi connectivity index (χ0) is 15.2. The number of hydrogen-bond acceptors (Lipinski definition) is 4. The molecule has 0 saturated carbocycles. The number of benzene rings is 2. The van der Waals surface area contributed by atoms with Crippen molar-refractivity contribution >= 4 is 5.70 Å². The van der Waals surface area contributed by atoms with Crippen molar-refractivity contribution in [3.05, 3.63) is 65.7 Å². The lowest BCUT2D eigenvalue weighted by Gasteiger charge is -2.12. The van der Waals surface area contributed by atoms with E-state index in [1.54, 1.807) is 0 Å². The molecule has 114 valence electrons. The summed E-state index contributed by atoms with van der Waals surface area (Å²) in [7, 11) is 0. The Hall–Kier alpha value is -2.46. The highest BCUT2D eigenvalue weighted by Gasteiger charge is 2.14. The third-order valence-corrected chi connectivity index (χ3v) is 3.36. The summed E-state index contributed by atoms with van der Waals surface area (Å²) in [5.41, 5.74) is 6.10. The predicted molar refractivity (Wildman–Crippen MR) is 85.2 cm³/mol. The SMILES string of the molecule is CCC=C(NOCc1ccccc1)c1ccc2c(c1)OCO2. The van der Waals surface area contributed by atoms with Crippen LogP contribution in [-0.2, 0) is 11.4 Å². The second-order valence-corrected chi connectivity index (χ2v) is 4.97. The van der Waals surface area contributed by atoms with Crippen LogP contribution in [-0.4, -0.2) is 6.79 Å². The second kappa shape index (κ2) is 7.00. The number of hydrogen-bond donors (Lipinski definition) is 1. The number of rotatable bonds is 6. The zero-order valence-corrected chi connectivity index (χ0v) is 12.5. The summed E-state index contributed by atoms with van der Waals surface area (Å²) in [6.45, 7) is 2.88. The first kappa shape index (κ1) is 14.5. The van der Waals surface area contributed by atoms with Gasteiger partial charge in [0.25, 0.3) is 0 Å². The van der Waals surface area contributed by atoms with Gasteiger partial charge in [0.2, 0.25) is 6.79 Å². The summed E-state index contributed by atoms with van der Waals surface area (Å²) in [6.07, 6.45) is 2.99. The first-order valence-corrected chi connectivity index (χ1v) is 7.38. The lowest BCUT2D eigenvalue weighted by atomic mass is 10.1. The molecular formula is C18H19NO3. The second-order valence-electron chi connectivity index (χ2n) is 4.97. The zero-order valence-electron chi connectivity index (χ0n) is 12.5. The van der Waals surface area contributed by atoms with E-state index in [0.29, 0.717) is 6.61 Å². The average Bonchev–Trinajstić information content (AvgIpc) is 3.02. The van der Waals surface area contributed by atoms with Gasteiger partial charge in [-0.3, -0.25) is 10.3 Å². The van der Waals surface area contributed by atoms with Crippen molar-refractivity contribution < 1.29 is 14.3 Å².